The number of hydrogen-bond donors (Lipinski definition) is 4. The molecule has 24 nitrogen and oxygen atoms in total. The van der Waals surface area contributed by atoms with Crippen molar-refractivity contribution in [3.05, 3.63) is 0 Å². The van der Waals surface area contributed by atoms with Crippen LogP contribution in [0.3, 0.4) is 0 Å². The van der Waals surface area contributed by atoms with Crippen LogP contribution in [0.15, 0.2) is 0 Å². The van der Waals surface area contributed by atoms with Gasteiger partial charge >= 0.3 is 47.8 Å². The van der Waals surface area contributed by atoms with E-state index in [1.807, 2.05) is 0 Å². The molecule has 0 aromatic carbocycles. The Labute approximate surface area is 377 Å². The fourth-order valence-corrected chi connectivity index (χ4v) is 4.97. The lowest BCUT2D eigenvalue weighted by atomic mass is 9.92. The quantitative estimate of drug-likeness (QED) is 0.0379. The lowest BCUT2D eigenvalue weighted by molar-refractivity contribution is -0.147. The zero-order valence-electron chi connectivity index (χ0n) is 37.1. The van der Waals surface area contributed by atoms with Gasteiger partial charge in [0.05, 0.1) is 111 Å². The molecule has 0 radical (unpaired) electrons. The van der Waals surface area contributed by atoms with Gasteiger partial charge in [0, 0.05) is 51.4 Å². The van der Waals surface area contributed by atoms with Gasteiger partial charge in [0.15, 0.2) is 0 Å². The van der Waals surface area contributed by atoms with Crippen LogP contribution in [0.5, 0.6) is 0 Å². The van der Waals surface area contributed by atoms with Crippen molar-refractivity contribution in [1.82, 2.24) is 0 Å². The summed E-state index contributed by atoms with van der Waals surface area (Å²) >= 11 is 0. The van der Waals surface area contributed by atoms with Crippen molar-refractivity contribution in [2.75, 3.05) is 132 Å². The summed E-state index contributed by atoms with van der Waals surface area (Å²) < 4.78 is 66.0. The normalized spacial score (nSPS) is 11.2. The Kier molecular flexibility index (Phi) is 39.1. The Morgan fingerprint density at radius 2 is 0.446 bits per heavy atom. The van der Waals surface area contributed by atoms with E-state index in [-0.39, 0.29) is 209 Å². The molecular weight excluding hydrogens is 876 g/mol. The monoisotopic (exact) mass is 944 g/mol. The zero-order valence-corrected chi connectivity index (χ0v) is 37.1. The Morgan fingerprint density at radius 3 is 0.646 bits per heavy atom. The van der Waals surface area contributed by atoms with Crippen LogP contribution in [0, 0.1) is 5.41 Å². The fraction of sp³-hybridized carbons (Fsp3) is 0.805. The third-order valence-corrected chi connectivity index (χ3v) is 8.17. The second kappa shape index (κ2) is 42.1. The molecule has 0 saturated heterocycles. The molecular formula is C41H68O24. The van der Waals surface area contributed by atoms with E-state index in [0.29, 0.717) is 0 Å². The van der Waals surface area contributed by atoms with Gasteiger partial charge in [-0.25, -0.2) is 0 Å². The molecule has 4 N–H and O–H groups in total. The van der Waals surface area contributed by atoms with E-state index in [0.717, 1.165) is 0 Å². The minimum atomic E-state index is -1.00. The van der Waals surface area contributed by atoms with Crippen molar-refractivity contribution in [3.63, 3.8) is 0 Å². The number of rotatable bonds is 48. The molecule has 0 bridgehead atoms. The van der Waals surface area contributed by atoms with Crippen LogP contribution < -0.4 is 0 Å². The van der Waals surface area contributed by atoms with Crippen molar-refractivity contribution in [3.8, 4) is 0 Å². The molecule has 65 heavy (non-hydrogen) atoms. The number of carboxylic acid groups (broad SMARTS) is 4. The number of carbonyl (C=O) groups excluding carboxylic acids is 4. The lowest BCUT2D eigenvalue weighted by Crippen LogP contribution is -2.43. The highest BCUT2D eigenvalue weighted by molar-refractivity contribution is 5.73. The van der Waals surface area contributed by atoms with Crippen LogP contribution in [0.4, 0.5) is 0 Å². The highest BCUT2D eigenvalue weighted by atomic mass is 16.6. The van der Waals surface area contributed by atoms with E-state index in [1.54, 1.807) is 0 Å². The van der Waals surface area contributed by atoms with Gasteiger partial charge < -0.3 is 77.3 Å². The summed E-state index contributed by atoms with van der Waals surface area (Å²) in [6.07, 6.45) is -0.0229. The minimum absolute atomic E-state index is 0.0267. The van der Waals surface area contributed by atoms with Crippen molar-refractivity contribution < 1.29 is 116 Å². The van der Waals surface area contributed by atoms with Crippen molar-refractivity contribution in [2.24, 2.45) is 5.41 Å². The molecule has 24 heteroatoms. The topological polar surface area (TPSA) is 328 Å². The SMILES string of the molecule is O=C(O)CCCC(=O)OCCOCCOCC(COCCOCCOC(=O)CCCC(=O)O)(COCCOCCOC(=O)CCCC(=O)O)COCCOCCOC(=O)CCCC(=O)O. The van der Waals surface area contributed by atoms with Gasteiger partial charge in [0.25, 0.3) is 0 Å². The summed E-state index contributed by atoms with van der Waals surface area (Å²) in [5.41, 5.74) is -0.923. The largest absolute Gasteiger partial charge is 0.481 e. The molecule has 0 rings (SSSR count). The molecule has 0 heterocycles. The molecule has 0 aliphatic rings. The van der Waals surface area contributed by atoms with E-state index >= 15 is 0 Å². The Morgan fingerprint density at radius 1 is 0.262 bits per heavy atom. The summed E-state index contributed by atoms with van der Waals surface area (Å²) in [5, 5.41) is 34.8. The molecule has 0 spiro atoms. The molecule has 0 saturated carbocycles. The van der Waals surface area contributed by atoms with Crippen LogP contribution in [-0.2, 0) is 95.2 Å². The Hall–Kier alpha value is -4.56. The summed E-state index contributed by atoms with van der Waals surface area (Å²) in [5.74, 6) is -6.16. The maximum atomic E-state index is 11.8. The molecule has 0 aliphatic carbocycles. The van der Waals surface area contributed by atoms with Gasteiger partial charge in [-0.15, -0.1) is 0 Å². The minimum Gasteiger partial charge on any atom is -0.481 e. The van der Waals surface area contributed by atoms with Gasteiger partial charge in [-0.1, -0.05) is 0 Å². The number of carboxylic acids is 4. The summed E-state index contributed by atoms with van der Waals surface area (Å²) in [6, 6.07) is 0. The van der Waals surface area contributed by atoms with Gasteiger partial charge in [-0.3, -0.25) is 38.4 Å². The van der Waals surface area contributed by atoms with Crippen molar-refractivity contribution >= 4 is 47.8 Å². The number of esters is 4. The first-order valence-corrected chi connectivity index (χ1v) is 21.4. The average molecular weight is 945 g/mol. The second-order valence-electron chi connectivity index (χ2n) is 14.0. The predicted octanol–water partition coefficient (Wildman–Crippen LogP) is 1.30. The Balaban J connectivity index is 5.23. The van der Waals surface area contributed by atoms with E-state index in [4.69, 9.17) is 77.3 Å². The smallest absolute Gasteiger partial charge is 0.305 e. The Bertz CT molecular complexity index is 1130. The van der Waals surface area contributed by atoms with E-state index in [2.05, 4.69) is 0 Å². The maximum Gasteiger partial charge on any atom is 0.305 e. The third-order valence-electron chi connectivity index (χ3n) is 8.17. The summed E-state index contributed by atoms with van der Waals surface area (Å²) in [4.78, 5) is 89.5. The summed E-state index contributed by atoms with van der Waals surface area (Å²) in [7, 11) is 0. The van der Waals surface area contributed by atoms with Crippen molar-refractivity contribution in [1.29, 1.82) is 0 Å². The van der Waals surface area contributed by atoms with Gasteiger partial charge in [-0.2, -0.15) is 0 Å². The van der Waals surface area contributed by atoms with Crippen LogP contribution in [0.1, 0.15) is 77.0 Å². The highest BCUT2D eigenvalue weighted by Gasteiger charge is 2.33. The summed E-state index contributed by atoms with van der Waals surface area (Å²) in [6.45, 7) is 1.33. The standard InChI is InChI=1S/C41H68O24/c42-33(43)5-1-9-37(50)62-25-21-54-13-17-58-29-41(30-59-18-14-55-22-26-63-38(51)10-2-6-34(44)45,31-60-19-15-56-23-27-64-39(52)11-3-7-35(46)47)32-61-20-16-57-24-28-65-40(53)12-4-8-36(48)49/h1-32H2,(H,42,43)(H,44,45)(H,46,47)(H,48,49). The molecule has 0 aromatic heterocycles. The third kappa shape index (κ3) is 43.1. The number of carbonyl (C=O) groups is 8. The molecule has 0 unspecified atom stereocenters. The van der Waals surface area contributed by atoms with Gasteiger partial charge in [0.1, 0.15) is 26.4 Å². The molecule has 0 aromatic rings. The fourth-order valence-electron chi connectivity index (χ4n) is 4.97. The number of ether oxygens (including phenoxy) is 12. The first-order chi connectivity index (χ1) is 31.2. The first kappa shape index (κ1) is 60.4. The van der Waals surface area contributed by atoms with Crippen LogP contribution in [0.2, 0.25) is 0 Å². The van der Waals surface area contributed by atoms with Crippen LogP contribution in [-0.4, -0.2) is 200 Å². The molecule has 0 fully saturated rings. The number of aliphatic carboxylic acids is 4. The van der Waals surface area contributed by atoms with Gasteiger partial charge in [-0.05, 0) is 25.7 Å². The van der Waals surface area contributed by atoms with Gasteiger partial charge in [0.2, 0.25) is 0 Å². The first-order valence-electron chi connectivity index (χ1n) is 21.4. The van der Waals surface area contributed by atoms with Crippen LogP contribution in [0.25, 0.3) is 0 Å². The molecule has 0 aliphatic heterocycles. The average Bonchev–Trinajstić information content (AvgIpc) is 3.24. The maximum absolute atomic E-state index is 11.8. The molecule has 376 valence electrons. The molecule has 0 atom stereocenters. The second-order valence-corrected chi connectivity index (χ2v) is 14.0. The van der Waals surface area contributed by atoms with E-state index in [9.17, 15) is 38.4 Å². The highest BCUT2D eigenvalue weighted by Crippen LogP contribution is 2.21. The number of hydrogen-bond acceptors (Lipinski definition) is 20. The lowest BCUT2D eigenvalue weighted by Gasteiger charge is -2.33. The van der Waals surface area contributed by atoms with Crippen molar-refractivity contribution in [2.45, 2.75) is 77.0 Å². The molecule has 0 amide bonds. The van der Waals surface area contributed by atoms with E-state index in [1.165, 1.54) is 0 Å². The van der Waals surface area contributed by atoms with E-state index < -0.39 is 53.2 Å². The zero-order chi connectivity index (χ0) is 48.2. The predicted molar refractivity (Wildman–Crippen MR) is 219 cm³/mol. The van der Waals surface area contributed by atoms with Crippen LogP contribution >= 0.6 is 0 Å².